The van der Waals surface area contributed by atoms with Gasteiger partial charge in [0.05, 0.1) is 24.0 Å². The van der Waals surface area contributed by atoms with E-state index in [1.54, 1.807) is 12.1 Å². The lowest BCUT2D eigenvalue weighted by Crippen LogP contribution is -3.14. The Hall–Kier alpha value is -2.51. The third-order valence-electron chi connectivity index (χ3n) is 5.10. The van der Waals surface area contributed by atoms with Gasteiger partial charge < -0.3 is 16.0 Å². The lowest BCUT2D eigenvalue weighted by atomic mass is 10.0. The van der Waals surface area contributed by atoms with Gasteiger partial charge in [-0.1, -0.05) is 6.07 Å². The number of aromatic nitrogens is 1. The maximum Gasteiger partial charge on any atom is 0.267 e. The number of fused-ring (bicyclic) bond motifs is 2. The van der Waals surface area contributed by atoms with Gasteiger partial charge in [0.15, 0.2) is 0 Å². The molecule has 3 heterocycles. The molecule has 0 aliphatic carbocycles. The highest BCUT2D eigenvalue weighted by Gasteiger charge is 2.25. The van der Waals surface area contributed by atoms with Gasteiger partial charge >= 0.3 is 0 Å². The number of hydrogen-bond acceptors (Lipinski definition) is 4. The largest absolute Gasteiger partial charge is 0.397 e. The van der Waals surface area contributed by atoms with E-state index in [1.807, 2.05) is 0 Å². The van der Waals surface area contributed by atoms with E-state index in [9.17, 15) is 9.18 Å². The van der Waals surface area contributed by atoms with Crippen LogP contribution in [0.3, 0.4) is 0 Å². The highest BCUT2D eigenvalue weighted by molar-refractivity contribution is 7.21. The smallest absolute Gasteiger partial charge is 0.267 e. The van der Waals surface area contributed by atoms with Crippen LogP contribution in [0.2, 0.25) is 0 Å². The average Bonchev–Trinajstić information content (AvgIpc) is 2.95. The zero-order valence-corrected chi connectivity index (χ0v) is 16.1. The first-order chi connectivity index (χ1) is 12.9. The molecule has 0 radical (unpaired) electrons. The average molecular weight is 385 g/mol. The molecule has 1 unspecified atom stereocenters. The van der Waals surface area contributed by atoms with Crippen LogP contribution in [0.1, 0.15) is 34.8 Å². The van der Waals surface area contributed by atoms with Crippen molar-refractivity contribution in [3.05, 3.63) is 52.3 Å². The molecule has 1 aromatic carbocycles. The van der Waals surface area contributed by atoms with E-state index in [2.05, 4.69) is 25.2 Å². The standard InChI is InChI=1S/C20H21FN4OS/c1-11(2)25-7-6-16-12(10-25)8-15-17(22)18(27-20(15)24-16)19(26)23-14-5-3-4-13(21)9-14/h3-5,8-9,11H,6-7,10,22H2,1-2H3,(H,23,26)/p+1. The van der Waals surface area contributed by atoms with Crippen LogP contribution in [-0.4, -0.2) is 23.5 Å². The third kappa shape index (κ3) is 3.40. The van der Waals surface area contributed by atoms with Gasteiger partial charge in [0.1, 0.15) is 22.1 Å². The van der Waals surface area contributed by atoms with Gasteiger partial charge in [0.25, 0.3) is 5.91 Å². The summed E-state index contributed by atoms with van der Waals surface area (Å²) in [6.45, 7) is 6.44. The lowest BCUT2D eigenvalue weighted by Gasteiger charge is -2.28. The number of nitrogens with two attached hydrogens (primary N) is 1. The molecule has 5 nitrogen and oxygen atoms in total. The third-order valence-corrected chi connectivity index (χ3v) is 6.21. The van der Waals surface area contributed by atoms with E-state index in [4.69, 9.17) is 10.7 Å². The summed E-state index contributed by atoms with van der Waals surface area (Å²) in [6.07, 6.45) is 0.932. The first-order valence-corrected chi connectivity index (χ1v) is 9.86. The summed E-state index contributed by atoms with van der Waals surface area (Å²) in [5.74, 6) is -0.739. The van der Waals surface area contributed by atoms with Crippen molar-refractivity contribution in [2.24, 2.45) is 0 Å². The van der Waals surface area contributed by atoms with Crippen molar-refractivity contribution < 1.29 is 14.1 Å². The van der Waals surface area contributed by atoms with E-state index in [0.717, 1.165) is 35.4 Å². The Kier molecular flexibility index (Phi) is 4.57. The number of carbonyl (C=O) groups excluding carboxylic acids is 1. The number of nitrogens with zero attached hydrogens (tertiary/aromatic N) is 1. The van der Waals surface area contributed by atoms with Crippen LogP contribution < -0.4 is 16.0 Å². The zero-order chi connectivity index (χ0) is 19.1. The fourth-order valence-corrected chi connectivity index (χ4v) is 4.51. The maximum atomic E-state index is 13.3. The van der Waals surface area contributed by atoms with Crippen LogP contribution in [0.15, 0.2) is 30.3 Å². The molecule has 3 aromatic rings. The summed E-state index contributed by atoms with van der Waals surface area (Å²) < 4.78 is 13.3. The molecule has 0 bridgehead atoms. The van der Waals surface area contributed by atoms with Crippen LogP contribution in [0.25, 0.3) is 10.2 Å². The Bertz CT molecular complexity index is 1030. The normalized spacial score (nSPS) is 16.5. The Morgan fingerprint density at radius 2 is 2.19 bits per heavy atom. The summed E-state index contributed by atoms with van der Waals surface area (Å²) in [6, 6.07) is 8.45. The van der Waals surface area contributed by atoms with Gasteiger partial charge in [-0.15, -0.1) is 11.3 Å². The molecule has 1 amide bonds. The monoisotopic (exact) mass is 385 g/mol. The number of benzene rings is 1. The topological polar surface area (TPSA) is 72.5 Å². The number of nitrogens with one attached hydrogen (secondary N) is 2. The van der Waals surface area contributed by atoms with Gasteiger partial charge in [-0.2, -0.15) is 0 Å². The highest BCUT2D eigenvalue weighted by atomic mass is 32.1. The zero-order valence-electron chi connectivity index (χ0n) is 15.3. The van der Waals surface area contributed by atoms with E-state index < -0.39 is 5.82 Å². The minimum Gasteiger partial charge on any atom is -0.397 e. The maximum absolute atomic E-state index is 13.3. The first-order valence-electron chi connectivity index (χ1n) is 9.04. The van der Waals surface area contributed by atoms with Gasteiger partial charge in [-0.05, 0) is 38.1 Å². The summed E-state index contributed by atoms with van der Waals surface area (Å²) in [5.41, 5.74) is 9.43. The number of carbonyl (C=O) groups is 1. The Labute approximate surface area is 161 Å². The van der Waals surface area contributed by atoms with Gasteiger partial charge in [0.2, 0.25) is 0 Å². The lowest BCUT2D eigenvalue weighted by molar-refractivity contribution is -0.936. The van der Waals surface area contributed by atoms with Gasteiger partial charge in [-0.3, -0.25) is 4.79 Å². The summed E-state index contributed by atoms with van der Waals surface area (Å²) in [7, 11) is 0. The van der Waals surface area contributed by atoms with E-state index >= 15 is 0 Å². The molecule has 4 rings (SSSR count). The second-order valence-corrected chi connectivity index (χ2v) is 8.25. The van der Waals surface area contributed by atoms with Gasteiger partial charge in [0, 0.05) is 23.1 Å². The molecule has 2 aromatic heterocycles. The molecule has 7 heteroatoms. The summed E-state index contributed by atoms with van der Waals surface area (Å²) in [5, 5.41) is 3.54. The fourth-order valence-electron chi connectivity index (χ4n) is 3.52. The van der Waals surface area contributed by atoms with Crippen LogP contribution in [0.4, 0.5) is 15.8 Å². The summed E-state index contributed by atoms with van der Waals surface area (Å²) >= 11 is 1.29. The predicted molar refractivity (Wildman–Crippen MR) is 107 cm³/mol. The van der Waals surface area contributed by atoms with Gasteiger partial charge in [-0.25, -0.2) is 9.37 Å². The molecular weight excluding hydrogens is 363 g/mol. The Balaban J connectivity index is 1.67. The van der Waals surface area contributed by atoms with Crippen molar-refractivity contribution >= 4 is 38.8 Å². The molecule has 140 valence electrons. The number of hydrogen-bond donors (Lipinski definition) is 3. The van der Waals surface area contributed by atoms with Crippen LogP contribution >= 0.6 is 11.3 Å². The van der Waals surface area contributed by atoms with Crippen LogP contribution in [-0.2, 0) is 13.0 Å². The SMILES string of the molecule is CC(C)[NH+]1CCc2nc3sc(C(=O)Nc4cccc(F)c4)c(N)c3cc2C1. The second-order valence-electron chi connectivity index (χ2n) is 7.25. The molecule has 0 saturated carbocycles. The number of halogens is 1. The quantitative estimate of drug-likeness (QED) is 0.649. The number of rotatable bonds is 3. The van der Waals surface area contributed by atoms with Crippen molar-refractivity contribution in [3.8, 4) is 0 Å². The second kappa shape index (κ2) is 6.90. The van der Waals surface area contributed by atoms with Crippen LogP contribution in [0.5, 0.6) is 0 Å². The molecule has 27 heavy (non-hydrogen) atoms. The molecule has 0 spiro atoms. The number of anilines is 2. The number of pyridine rings is 1. The number of quaternary nitrogens is 1. The highest BCUT2D eigenvalue weighted by Crippen LogP contribution is 2.34. The van der Waals surface area contributed by atoms with Crippen LogP contribution in [0, 0.1) is 5.82 Å². The number of amides is 1. The number of nitrogen functional groups attached to an aromatic ring is 1. The molecular formula is C20H22FN4OS+. The fraction of sp³-hybridized carbons (Fsp3) is 0.300. The van der Waals surface area contributed by atoms with Crippen molar-refractivity contribution in [2.45, 2.75) is 32.9 Å². The van der Waals surface area contributed by atoms with E-state index in [0.29, 0.717) is 22.3 Å². The van der Waals surface area contributed by atoms with E-state index in [-0.39, 0.29) is 5.91 Å². The van der Waals surface area contributed by atoms with Crippen molar-refractivity contribution in [2.75, 3.05) is 17.6 Å². The van der Waals surface area contributed by atoms with Crippen molar-refractivity contribution in [1.82, 2.24) is 4.98 Å². The first kappa shape index (κ1) is 17.9. The minimum atomic E-state index is -0.399. The molecule has 0 saturated heterocycles. The predicted octanol–water partition coefficient (Wildman–Crippen LogP) is 2.62. The number of thiophene rings is 1. The minimum absolute atomic E-state index is 0.339. The molecule has 0 fully saturated rings. The summed E-state index contributed by atoms with van der Waals surface area (Å²) in [4.78, 5) is 20.1. The Morgan fingerprint density at radius 3 is 2.93 bits per heavy atom. The van der Waals surface area contributed by atoms with Crippen molar-refractivity contribution in [3.63, 3.8) is 0 Å². The molecule has 4 N–H and O–H groups in total. The van der Waals surface area contributed by atoms with E-state index in [1.165, 1.54) is 33.9 Å². The molecule has 1 atom stereocenters. The van der Waals surface area contributed by atoms with Crippen molar-refractivity contribution in [1.29, 1.82) is 0 Å². The molecule has 1 aliphatic heterocycles. The Morgan fingerprint density at radius 1 is 1.37 bits per heavy atom. The molecule has 1 aliphatic rings.